The number of Topliss-reactive ketones (excluding diaryl/α,β-unsaturated/α-hetero) is 1. The van der Waals surface area contributed by atoms with Gasteiger partial charge < -0.3 is 15.8 Å². The average Bonchev–Trinajstić information content (AvgIpc) is 2.82. The van der Waals surface area contributed by atoms with Crippen molar-refractivity contribution in [3.05, 3.63) is 111 Å². The highest BCUT2D eigenvalue weighted by Crippen LogP contribution is 2.23. The molecule has 0 aromatic heterocycles. The molecular weight excluding hydrogens is 482 g/mol. The molecule has 3 N–H and O–H groups in total. The first-order valence-corrected chi connectivity index (χ1v) is 11.2. The quantitative estimate of drug-likeness (QED) is 0.331. The number of oxime groups is 1. The molecule has 0 radical (unpaired) electrons. The summed E-state index contributed by atoms with van der Waals surface area (Å²) in [6.07, 6.45) is 1.83. The summed E-state index contributed by atoms with van der Waals surface area (Å²) in [6, 6.07) is 21.4. The van der Waals surface area contributed by atoms with E-state index < -0.39 is 6.04 Å². The van der Waals surface area contributed by atoms with Gasteiger partial charge in [-0.25, -0.2) is 0 Å². The van der Waals surface area contributed by atoms with E-state index >= 15 is 0 Å². The molecule has 1 aliphatic carbocycles. The minimum atomic E-state index is -0.740. The molecule has 1 amide bonds. The predicted octanol–water partition coefficient (Wildman–Crippen LogP) is 4.86. The van der Waals surface area contributed by atoms with Gasteiger partial charge in [-0.3, -0.25) is 9.59 Å². The van der Waals surface area contributed by atoms with Crippen LogP contribution in [0.4, 0.5) is 5.69 Å². The van der Waals surface area contributed by atoms with Gasteiger partial charge in [-0.2, -0.15) is 0 Å². The van der Waals surface area contributed by atoms with Crippen molar-refractivity contribution < 1.29 is 14.8 Å². The Labute approximate surface area is 200 Å². The highest BCUT2D eigenvalue weighted by molar-refractivity contribution is 9.10. The van der Waals surface area contributed by atoms with Gasteiger partial charge in [-0.1, -0.05) is 75.7 Å². The van der Waals surface area contributed by atoms with Crippen molar-refractivity contribution in [1.82, 2.24) is 5.32 Å². The van der Waals surface area contributed by atoms with Crippen LogP contribution in [0, 0.1) is 6.92 Å². The molecule has 1 unspecified atom stereocenters. The van der Waals surface area contributed by atoms with Crippen LogP contribution in [0.15, 0.2) is 94.2 Å². The number of fused-ring (bicyclic) bond motifs is 1. The van der Waals surface area contributed by atoms with Gasteiger partial charge in [0, 0.05) is 27.7 Å². The van der Waals surface area contributed by atoms with Crippen LogP contribution in [-0.4, -0.2) is 28.7 Å². The van der Waals surface area contributed by atoms with E-state index in [2.05, 4.69) is 31.7 Å². The number of anilines is 1. The number of carbonyl (C=O) groups excluding carboxylic acids is 2. The maximum atomic E-state index is 13.3. The van der Waals surface area contributed by atoms with Crippen molar-refractivity contribution in [2.75, 3.05) is 5.32 Å². The number of ketones is 1. The molecule has 0 saturated heterocycles. The molecular formula is C26H22BrN3O3. The maximum absolute atomic E-state index is 13.3. The molecule has 6 nitrogen and oxygen atoms in total. The molecule has 7 heteroatoms. The van der Waals surface area contributed by atoms with Gasteiger partial charge in [0.1, 0.15) is 11.8 Å². The van der Waals surface area contributed by atoms with Gasteiger partial charge in [0.15, 0.2) is 0 Å². The lowest BCUT2D eigenvalue weighted by atomic mass is 9.91. The predicted molar refractivity (Wildman–Crippen MR) is 132 cm³/mol. The first-order chi connectivity index (χ1) is 16.0. The fourth-order valence-corrected chi connectivity index (χ4v) is 4.23. The third kappa shape index (κ3) is 5.04. The van der Waals surface area contributed by atoms with Gasteiger partial charge in [0.25, 0.3) is 0 Å². The SMILES string of the molecule is Cc1cc(Br)ccc1NC(=O)C(Cc1ccccc1)NC1=CC(=NO)c2ccccc2C1=O. The Morgan fingerprint density at radius 1 is 1.03 bits per heavy atom. The number of benzene rings is 3. The van der Waals surface area contributed by atoms with E-state index in [9.17, 15) is 14.8 Å². The topological polar surface area (TPSA) is 90.8 Å². The van der Waals surface area contributed by atoms with E-state index in [4.69, 9.17) is 0 Å². The Bertz CT molecular complexity index is 1270. The van der Waals surface area contributed by atoms with Crippen LogP contribution >= 0.6 is 15.9 Å². The largest absolute Gasteiger partial charge is 0.410 e. The molecule has 0 aliphatic heterocycles. The lowest BCUT2D eigenvalue weighted by molar-refractivity contribution is -0.117. The minimum absolute atomic E-state index is 0.199. The lowest BCUT2D eigenvalue weighted by Gasteiger charge is -2.24. The molecule has 166 valence electrons. The van der Waals surface area contributed by atoms with Crippen molar-refractivity contribution in [2.24, 2.45) is 5.16 Å². The summed E-state index contributed by atoms with van der Waals surface area (Å²) in [5.74, 6) is -0.539. The first kappa shape index (κ1) is 22.5. The van der Waals surface area contributed by atoms with Gasteiger partial charge in [-0.15, -0.1) is 0 Å². The molecule has 3 aromatic rings. The van der Waals surface area contributed by atoms with E-state index in [0.29, 0.717) is 23.2 Å². The molecule has 33 heavy (non-hydrogen) atoms. The molecule has 0 saturated carbocycles. The van der Waals surface area contributed by atoms with Crippen LogP contribution in [0.1, 0.15) is 27.0 Å². The second-order valence-electron chi connectivity index (χ2n) is 7.75. The van der Waals surface area contributed by atoms with Gasteiger partial charge in [-0.05, 0) is 42.3 Å². The first-order valence-electron chi connectivity index (χ1n) is 10.4. The Kier molecular flexibility index (Phi) is 6.70. The number of carbonyl (C=O) groups is 2. The van der Waals surface area contributed by atoms with Gasteiger partial charge in [0.05, 0.1) is 5.70 Å². The molecule has 0 heterocycles. The standard InChI is InChI=1S/C26H22BrN3O3/c1-16-13-18(27)11-12-21(16)29-26(32)24(14-17-7-3-2-4-8-17)28-23-15-22(30-33)19-9-5-6-10-20(19)25(23)31/h2-13,15,24,28,33H,14H2,1H3,(H,29,32). The van der Waals surface area contributed by atoms with Crippen molar-refractivity contribution in [2.45, 2.75) is 19.4 Å². The summed E-state index contributed by atoms with van der Waals surface area (Å²) in [4.78, 5) is 26.5. The molecule has 1 aliphatic rings. The summed E-state index contributed by atoms with van der Waals surface area (Å²) in [6.45, 7) is 1.91. The summed E-state index contributed by atoms with van der Waals surface area (Å²) in [7, 11) is 0. The number of hydrogen-bond acceptors (Lipinski definition) is 5. The van der Waals surface area contributed by atoms with E-state index in [1.165, 1.54) is 6.08 Å². The van der Waals surface area contributed by atoms with Crippen LogP contribution in [0.2, 0.25) is 0 Å². The number of nitrogens with one attached hydrogen (secondary N) is 2. The fourth-order valence-electron chi connectivity index (χ4n) is 3.75. The van der Waals surface area contributed by atoms with Crippen LogP contribution < -0.4 is 10.6 Å². The van der Waals surface area contributed by atoms with Crippen molar-refractivity contribution in [1.29, 1.82) is 0 Å². The fraction of sp³-hybridized carbons (Fsp3) is 0.115. The molecule has 3 aromatic carbocycles. The number of halogens is 1. The third-order valence-electron chi connectivity index (χ3n) is 5.46. The smallest absolute Gasteiger partial charge is 0.247 e. The molecule has 1 atom stereocenters. The van der Waals surface area contributed by atoms with E-state index in [0.717, 1.165) is 15.6 Å². The van der Waals surface area contributed by atoms with E-state index in [1.54, 1.807) is 24.3 Å². The van der Waals surface area contributed by atoms with Crippen LogP contribution in [0.3, 0.4) is 0 Å². The second-order valence-corrected chi connectivity index (χ2v) is 8.67. The summed E-state index contributed by atoms with van der Waals surface area (Å²) < 4.78 is 0.921. The van der Waals surface area contributed by atoms with Gasteiger partial charge >= 0.3 is 0 Å². The zero-order valence-corrected chi connectivity index (χ0v) is 19.5. The number of hydrogen-bond donors (Lipinski definition) is 3. The van der Waals surface area contributed by atoms with Crippen molar-refractivity contribution >= 4 is 39.0 Å². The zero-order chi connectivity index (χ0) is 23.4. The number of aryl methyl sites for hydroxylation is 1. The van der Waals surface area contributed by atoms with Gasteiger partial charge in [0.2, 0.25) is 11.7 Å². The number of allylic oxidation sites excluding steroid dienone is 2. The van der Waals surface area contributed by atoms with Crippen LogP contribution in [0.5, 0.6) is 0 Å². The lowest BCUT2D eigenvalue weighted by Crippen LogP contribution is -2.44. The monoisotopic (exact) mass is 503 g/mol. The van der Waals surface area contributed by atoms with Crippen molar-refractivity contribution in [3.8, 4) is 0 Å². The molecule has 4 rings (SSSR count). The Morgan fingerprint density at radius 3 is 2.42 bits per heavy atom. The zero-order valence-electron chi connectivity index (χ0n) is 17.9. The van der Waals surface area contributed by atoms with Crippen LogP contribution in [0.25, 0.3) is 0 Å². The summed E-state index contributed by atoms with van der Waals surface area (Å²) in [5, 5.41) is 18.9. The number of amides is 1. The Morgan fingerprint density at radius 2 is 1.73 bits per heavy atom. The highest BCUT2D eigenvalue weighted by atomic mass is 79.9. The average molecular weight is 504 g/mol. The number of nitrogens with zero attached hydrogens (tertiary/aromatic N) is 1. The molecule has 0 spiro atoms. The number of rotatable bonds is 6. The van der Waals surface area contributed by atoms with Crippen molar-refractivity contribution in [3.63, 3.8) is 0 Å². The van der Waals surface area contributed by atoms with Crippen LogP contribution in [-0.2, 0) is 11.2 Å². The third-order valence-corrected chi connectivity index (χ3v) is 5.95. The van der Waals surface area contributed by atoms with E-state index in [-0.39, 0.29) is 23.1 Å². The Hall–Kier alpha value is -3.71. The minimum Gasteiger partial charge on any atom is -0.410 e. The summed E-state index contributed by atoms with van der Waals surface area (Å²) in [5.41, 5.74) is 3.96. The van der Waals surface area contributed by atoms with E-state index in [1.807, 2.05) is 55.5 Å². The summed E-state index contributed by atoms with van der Waals surface area (Å²) >= 11 is 3.43. The normalized spacial score (nSPS) is 14.9. The highest BCUT2D eigenvalue weighted by Gasteiger charge is 2.28. The molecule has 0 bridgehead atoms. The molecule has 0 fully saturated rings. The second kappa shape index (κ2) is 9.83. The maximum Gasteiger partial charge on any atom is 0.247 e. The Balaban J connectivity index is 1.64.